The Hall–Kier alpha value is -2.77. The normalized spacial score (nSPS) is 10.5. The van der Waals surface area contributed by atoms with Crippen LogP contribution in [-0.2, 0) is 9.59 Å². The van der Waals surface area contributed by atoms with Gasteiger partial charge in [0.05, 0.1) is 25.5 Å². The van der Waals surface area contributed by atoms with E-state index in [4.69, 9.17) is 32.7 Å². The van der Waals surface area contributed by atoms with Gasteiger partial charge in [-0.1, -0.05) is 29.3 Å². The van der Waals surface area contributed by atoms with Gasteiger partial charge in [-0.15, -0.1) is 0 Å². The predicted octanol–water partition coefficient (Wildman–Crippen LogP) is 3.10. The van der Waals surface area contributed by atoms with Crippen LogP contribution < -0.4 is 20.2 Å². The number of rotatable bonds is 5. The van der Waals surface area contributed by atoms with Gasteiger partial charge in [-0.05, 0) is 24.3 Å². The van der Waals surface area contributed by atoms with Gasteiger partial charge in [0, 0.05) is 22.3 Å². The fourth-order valence-electron chi connectivity index (χ4n) is 1.92. The number of nitrogens with zero attached hydrogens (tertiary/aromatic N) is 1. The molecule has 2 aromatic carbocycles. The molecule has 9 heteroatoms. The zero-order valence-electron chi connectivity index (χ0n) is 13.9. The van der Waals surface area contributed by atoms with E-state index < -0.39 is 11.8 Å². The summed E-state index contributed by atoms with van der Waals surface area (Å²) in [5, 5.41) is 6.97. The number of carbonyl (C=O) groups is 2. The minimum Gasteiger partial charge on any atom is -0.493 e. The molecule has 0 bridgehead atoms. The molecule has 2 aromatic rings. The predicted molar refractivity (Wildman–Crippen MR) is 100 cm³/mol. The molecule has 0 saturated heterocycles. The average Bonchev–Trinajstić information content (AvgIpc) is 2.63. The standard InChI is InChI=1S/C17H15Cl2N3O4/c1-25-14-6-5-12(8-15(14)26-2)21-16(23)17(24)22-20-9-10-3-4-11(18)7-13(10)19/h3-9H,1-2H3,(H,21,23)(H,22,24)/b20-9+. The summed E-state index contributed by atoms with van der Waals surface area (Å²) in [6.45, 7) is 0. The van der Waals surface area contributed by atoms with Gasteiger partial charge >= 0.3 is 11.8 Å². The first-order valence-electron chi connectivity index (χ1n) is 7.26. The monoisotopic (exact) mass is 395 g/mol. The fraction of sp³-hybridized carbons (Fsp3) is 0.118. The molecule has 2 N–H and O–H groups in total. The highest BCUT2D eigenvalue weighted by Gasteiger charge is 2.14. The van der Waals surface area contributed by atoms with Crippen molar-refractivity contribution in [2.45, 2.75) is 0 Å². The lowest BCUT2D eigenvalue weighted by Gasteiger charge is -2.10. The summed E-state index contributed by atoms with van der Waals surface area (Å²) in [7, 11) is 2.96. The number of nitrogens with one attached hydrogen (secondary N) is 2. The molecule has 0 heterocycles. The van der Waals surface area contributed by atoms with E-state index in [2.05, 4.69) is 15.8 Å². The number of halogens is 2. The van der Waals surface area contributed by atoms with Gasteiger partial charge < -0.3 is 14.8 Å². The van der Waals surface area contributed by atoms with E-state index in [1.54, 1.807) is 24.3 Å². The Labute approximate surface area is 159 Å². The van der Waals surface area contributed by atoms with Gasteiger partial charge in [0.25, 0.3) is 0 Å². The second-order valence-electron chi connectivity index (χ2n) is 4.89. The third-order valence-electron chi connectivity index (χ3n) is 3.18. The fourth-order valence-corrected chi connectivity index (χ4v) is 2.38. The van der Waals surface area contributed by atoms with Crippen molar-refractivity contribution in [3.63, 3.8) is 0 Å². The summed E-state index contributed by atoms with van der Waals surface area (Å²) < 4.78 is 10.2. The lowest BCUT2D eigenvalue weighted by atomic mass is 10.2. The van der Waals surface area contributed by atoms with Gasteiger partial charge in [-0.3, -0.25) is 9.59 Å². The average molecular weight is 396 g/mol. The summed E-state index contributed by atoms with van der Waals surface area (Å²) in [5.74, 6) is -0.918. The van der Waals surface area contributed by atoms with Crippen molar-refractivity contribution >= 4 is 46.9 Å². The van der Waals surface area contributed by atoms with Crippen LogP contribution in [0.1, 0.15) is 5.56 Å². The van der Waals surface area contributed by atoms with Crippen LogP contribution in [0.5, 0.6) is 11.5 Å². The number of hydrogen-bond acceptors (Lipinski definition) is 5. The number of carbonyl (C=O) groups excluding carboxylic acids is 2. The highest BCUT2D eigenvalue weighted by Crippen LogP contribution is 2.29. The van der Waals surface area contributed by atoms with E-state index in [1.165, 1.54) is 32.6 Å². The summed E-state index contributed by atoms with van der Waals surface area (Å²) in [5.41, 5.74) is 3.02. The van der Waals surface area contributed by atoms with Crippen molar-refractivity contribution < 1.29 is 19.1 Å². The number of ether oxygens (including phenoxy) is 2. The zero-order valence-corrected chi connectivity index (χ0v) is 15.4. The second-order valence-corrected chi connectivity index (χ2v) is 5.73. The number of benzene rings is 2. The molecule has 0 atom stereocenters. The molecule has 0 fully saturated rings. The van der Waals surface area contributed by atoms with E-state index in [9.17, 15) is 9.59 Å². The third-order valence-corrected chi connectivity index (χ3v) is 3.74. The van der Waals surface area contributed by atoms with Crippen molar-refractivity contribution in [1.82, 2.24) is 5.43 Å². The molecule has 0 aliphatic heterocycles. The Morgan fingerprint density at radius 3 is 2.38 bits per heavy atom. The van der Waals surface area contributed by atoms with Gasteiger partial charge in [0.1, 0.15) is 0 Å². The van der Waals surface area contributed by atoms with Crippen molar-refractivity contribution in [2.75, 3.05) is 19.5 Å². The topological polar surface area (TPSA) is 89.0 Å². The molecule has 0 aliphatic carbocycles. The van der Waals surface area contributed by atoms with Crippen LogP contribution in [0.3, 0.4) is 0 Å². The zero-order chi connectivity index (χ0) is 19.1. The van der Waals surface area contributed by atoms with Crippen LogP contribution in [0.2, 0.25) is 10.0 Å². The highest BCUT2D eigenvalue weighted by molar-refractivity contribution is 6.39. The smallest absolute Gasteiger partial charge is 0.329 e. The minimum absolute atomic E-state index is 0.366. The number of hydrogen-bond donors (Lipinski definition) is 2. The largest absolute Gasteiger partial charge is 0.493 e. The van der Waals surface area contributed by atoms with Crippen molar-refractivity contribution in [1.29, 1.82) is 0 Å². The van der Waals surface area contributed by atoms with Crippen molar-refractivity contribution in [3.8, 4) is 11.5 Å². The SMILES string of the molecule is COc1ccc(NC(=O)C(=O)N/N=C/c2ccc(Cl)cc2Cl)cc1OC. The van der Waals surface area contributed by atoms with Crippen LogP contribution in [0.15, 0.2) is 41.5 Å². The Morgan fingerprint density at radius 2 is 1.73 bits per heavy atom. The summed E-state index contributed by atoms with van der Waals surface area (Å²) in [6.07, 6.45) is 1.31. The van der Waals surface area contributed by atoms with Crippen molar-refractivity contribution in [2.24, 2.45) is 5.10 Å². The quantitative estimate of drug-likeness (QED) is 0.462. The second kappa shape index (κ2) is 9.07. The molecular weight excluding hydrogens is 381 g/mol. The molecule has 0 aromatic heterocycles. The Balaban J connectivity index is 1.97. The van der Waals surface area contributed by atoms with Crippen LogP contribution in [0.25, 0.3) is 0 Å². The number of anilines is 1. The van der Waals surface area contributed by atoms with E-state index in [0.717, 1.165) is 0 Å². The van der Waals surface area contributed by atoms with Gasteiger partial charge in [-0.25, -0.2) is 5.43 Å². The maximum absolute atomic E-state index is 11.9. The molecule has 0 saturated carbocycles. The summed E-state index contributed by atoms with van der Waals surface area (Å²) >= 11 is 11.8. The van der Waals surface area contributed by atoms with E-state index in [-0.39, 0.29) is 0 Å². The molecule has 0 aliphatic rings. The van der Waals surface area contributed by atoms with Crippen LogP contribution in [0.4, 0.5) is 5.69 Å². The van der Waals surface area contributed by atoms with Crippen LogP contribution in [0, 0.1) is 0 Å². The first kappa shape index (κ1) is 19.6. The molecular formula is C17H15Cl2N3O4. The number of hydrazone groups is 1. The highest BCUT2D eigenvalue weighted by atomic mass is 35.5. The molecule has 7 nitrogen and oxygen atoms in total. The lowest BCUT2D eigenvalue weighted by molar-refractivity contribution is -0.136. The first-order valence-corrected chi connectivity index (χ1v) is 8.01. The molecule has 136 valence electrons. The molecule has 26 heavy (non-hydrogen) atoms. The Bertz CT molecular complexity index is 856. The first-order chi connectivity index (χ1) is 12.4. The number of methoxy groups -OCH3 is 2. The maximum atomic E-state index is 11.9. The van der Waals surface area contributed by atoms with E-state index in [1.807, 2.05) is 0 Å². The molecule has 2 amide bonds. The third kappa shape index (κ3) is 5.11. The van der Waals surface area contributed by atoms with Gasteiger partial charge in [0.2, 0.25) is 0 Å². The minimum atomic E-state index is -0.943. The molecule has 0 radical (unpaired) electrons. The van der Waals surface area contributed by atoms with E-state index in [0.29, 0.717) is 32.8 Å². The summed E-state index contributed by atoms with van der Waals surface area (Å²) in [6, 6.07) is 9.50. The maximum Gasteiger partial charge on any atom is 0.329 e. The number of amides is 2. The Morgan fingerprint density at radius 1 is 1.00 bits per heavy atom. The van der Waals surface area contributed by atoms with E-state index >= 15 is 0 Å². The lowest BCUT2D eigenvalue weighted by Crippen LogP contribution is -2.32. The summed E-state index contributed by atoms with van der Waals surface area (Å²) in [4.78, 5) is 23.7. The van der Waals surface area contributed by atoms with Crippen molar-refractivity contribution in [3.05, 3.63) is 52.0 Å². The Kier molecular flexibility index (Phi) is 6.82. The molecule has 0 unspecified atom stereocenters. The van der Waals surface area contributed by atoms with Gasteiger partial charge in [0.15, 0.2) is 11.5 Å². The van der Waals surface area contributed by atoms with Crippen LogP contribution >= 0.6 is 23.2 Å². The van der Waals surface area contributed by atoms with Crippen LogP contribution in [-0.4, -0.2) is 32.2 Å². The molecule has 0 spiro atoms. The molecule has 2 rings (SSSR count). The van der Waals surface area contributed by atoms with Gasteiger partial charge in [-0.2, -0.15) is 5.10 Å².